The topological polar surface area (TPSA) is 43.5 Å². The summed E-state index contributed by atoms with van der Waals surface area (Å²) in [4.78, 5) is 3.15. The number of imidazole rings is 1. The molecule has 0 saturated heterocycles. The smallest absolute Gasteiger partial charge is 0.248 e. The quantitative estimate of drug-likeness (QED) is 0.544. The zero-order valence-corrected chi connectivity index (χ0v) is 8.79. The Morgan fingerprint density at radius 2 is 2.14 bits per heavy atom. The van der Waals surface area contributed by atoms with Gasteiger partial charge in [0.25, 0.3) is 5.82 Å². The molecule has 1 rings (SSSR count). The van der Waals surface area contributed by atoms with Crippen molar-refractivity contribution in [1.82, 2.24) is 4.98 Å². The number of unbranched alkanes of at least 4 members (excludes halogenated alkanes) is 4. The van der Waals surface area contributed by atoms with Gasteiger partial charge in [0.15, 0.2) is 0 Å². The molecule has 3 nitrogen and oxygen atoms in total. The lowest BCUT2D eigenvalue weighted by Gasteiger charge is -1.98. The average molecular weight is 192 g/mol. The summed E-state index contributed by atoms with van der Waals surface area (Å²) in [5, 5.41) is 8.35. The van der Waals surface area contributed by atoms with Crippen LogP contribution in [0.4, 0.5) is 0 Å². The third-order valence-corrected chi connectivity index (χ3v) is 2.42. The number of aromatic nitrogens is 2. The fraction of sp³-hybridized carbons (Fsp3) is 0.636. The maximum absolute atomic E-state index is 8.35. The van der Waals surface area contributed by atoms with E-state index in [0.29, 0.717) is 6.42 Å². The number of hydrogen-bond donors (Lipinski definition) is 1. The largest absolute Gasteiger partial charge is 0.251 e. The van der Waals surface area contributed by atoms with Crippen LogP contribution in [0, 0.1) is 18.3 Å². The van der Waals surface area contributed by atoms with Gasteiger partial charge in [-0.05, 0) is 19.3 Å². The highest BCUT2D eigenvalue weighted by molar-refractivity contribution is 4.70. The first-order valence-corrected chi connectivity index (χ1v) is 5.25. The Morgan fingerprint density at radius 1 is 1.36 bits per heavy atom. The van der Waals surface area contributed by atoms with Gasteiger partial charge in [-0.15, -0.1) is 0 Å². The molecule has 0 aliphatic carbocycles. The Balaban J connectivity index is 2.05. The monoisotopic (exact) mass is 192 g/mol. The number of rotatable bonds is 6. The highest BCUT2D eigenvalue weighted by atomic mass is 15.0. The van der Waals surface area contributed by atoms with Crippen molar-refractivity contribution in [3.05, 3.63) is 18.2 Å². The number of nitriles is 1. The molecule has 76 valence electrons. The van der Waals surface area contributed by atoms with E-state index in [2.05, 4.69) is 28.7 Å². The van der Waals surface area contributed by atoms with E-state index >= 15 is 0 Å². The number of aryl methyl sites for hydroxylation is 2. The van der Waals surface area contributed by atoms with Gasteiger partial charge in [-0.3, -0.25) is 0 Å². The summed E-state index contributed by atoms with van der Waals surface area (Å²) >= 11 is 0. The van der Waals surface area contributed by atoms with E-state index in [-0.39, 0.29) is 0 Å². The first-order valence-electron chi connectivity index (χ1n) is 5.25. The molecule has 0 aliphatic rings. The molecular formula is C11H18N3+. The Bertz CT molecular complexity index is 296. The molecule has 0 aromatic carbocycles. The van der Waals surface area contributed by atoms with E-state index in [1.165, 1.54) is 25.1 Å². The van der Waals surface area contributed by atoms with Crippen LogP contribution in [0.15, 0.2) is 12.4 Å². The third-order valence-electron chi connectivity index (χ3n) is 2.42. The maximum atomic E-state index is 8.35. The summed E-state index contributed by atoms with van der Waals surface area (Å²) in [6, 6.07) is 2.17. The third kappa shape index (κ3) is 3.61. The van der Waals surface area contributed by atoms with Gasteiger partial charge in [0.05, 0.1) is 12.6 Å². The van der Waals surface area contributed by atoms with Crippen LogP contribution in [0.25, 0.3) is 0 Å². The lowest BCUT2D eigenvalue weighted by molar-refractivity contribution is -0.702. The van der Waals surface area contributed by atoms with Crippen molar-refractivity contribution in [3.63, 3.8) is 0 Å². The molecule has 1 aromatic heterocycles. The fourth-order valence-corrected chi connectivity index (χ4v) is 1.52. The SMILES string of the molecule is Cc1[nH]cc[n+]1CCCCCCC#N. The zero-order chi connectivity index (χ0) is 10.2. The second-order valence-electron chi connectivity index (χ2n) is 3.56. The summed E-state index contributed by atoms with van der Waals surface area (Å²) in [5.74, 6) is 1.21. The summed E-state index contributed by atoms with van der Waals surface area (Å²) in [6.07, 6.45) is 9.39. The summed E-state index contributed by atoms with van der Waals surface area (Å²) in [6.45, 7) is 3.16. The Kier molecular flexibility index (Phi) is 4.77. The second-order valence-corrected chi connectivity index (χ2v) is 3.56. The Morgan fingerprint density at radius 3 is 2.79 bits per heavy atom. The first kappa shape index (κ1) is 10.8. The van der Waals surface area contributed by atoms with Crippen LogP contribution in [-0.4, -0.2) is 4.98 Å². The number of nitrogens with one attached hydrogen (secondary N) is 1. The van der Waals surface area contributed by atoms with Crippen LogP contribution in [0.5, 0.6) is 0 Å². The molecule has 0 amide bonds. The van der Waals surface area contributed by atoms with Crippen LogP contribution in [0.3, 0.4) is 0 Å². The molecule has 3 heteroatoms. The number of nitrogens with zero attached hydrogens (tertiary/aromatic N) is 2. The Hall–Kier alpha value is -1.30. The van der Waals surface area contributed by atoms with Crippen molar-refractivity contribution < 1.29 is 4.57 Å². The molecule has 0 saturated carbocycles. The van der Waals surface area contributed by atoms with Gasteiger partial charge in [0.1, 0.15) is 12.4 Å². The number of hydrogen-bond acceptors (Lipinski definition) is 1. The molecular weight excluding hydrogens is 174 g/mol. The minimum atomic E-state index is 0.705. The maximum Gasteiger partial charge on any atom is 0.251 e. The second kappa shape index (κ2) is 6.20. The first-order chi connectivity index (χ1) is 6.84. The molecule has 0 radical (unpaired) electrons. The Labute approximate surface area is 85.4 Å². The van der Waals surface area contributed by atoms with Crippen LogP contribution < -0.4 is 4.57 Å². The van der Waals surface area contributed by atoms with Crippen LogP contribution in [-0.2, 0) is 6.54 Å². The van der Waals surface area contributed by atoms with Crippen LogP contribution in [0.1, 0.15) is 37.9 Å². The molecule has 0 unspecified atom stereocenters. The van der Waals surface area contributed by atoms with E-state index < -0.39 is 0 Å². The normalized spacial score (nSPS) is 10.0. The van der Waals surface area contributed by atoms with Gasteiger partial charge in [0.2, 0.25) is 0 Å². The summed E-state index contributed by atoms with van der Waals surface area (Å²) in [7, 11) is 0. The molecule has 0 spiro atoms. The van der Waals surface area contributed by atoms with Gasteiger partial charge in [-0.25, -0.2) is 9.55 Å². The van der Waals surface area contributed by atoms with Gasteiger partial charge >= 0.3 is 0 Å². The molecule has 0 fully saturated rings. The summed E-state index contributed by atoms with van der Waals surface area (Å²) in [5.41, 5.74) is 0. The number of aromatic amines is 1. The molecule has 14 heavy (non-hydrogen) atoms. The standard InChI is InChI=1S/C11H17N3/c1-11-13-8-10-14(11)9-6-4-2-3-5-7-12/h8,10H,2-6,9H2,1H3/p+1. The average Bonchev–Trinajstić information content (AvgIpc) is 2.58. The molecule has 0 atom stereocenters. The van der Waals surface area contributed by atoms with E-state index in [4.69, 9.17) is 5.26 Å². The molecule has 1 heterocycles. The van der Waals surface area contributed by atoms with Crippen molar-refractivity contribution in [2.24, 2.45) is 0 Å². The van der Waals surface area contributed by atoms with Crippen molar-refractivity contribution in [2.45, 2.75) is 45.6 Å². The lowest BCUT2D eigenvalue weighted by atomic mass is 10.1. The van der Waals surface area contributed by atoms with Crippen LogP contribution >= 0.6 is 0 Å². The van der Waals surface area contributed by atoms with Gasteiger partial charge in [-0.1, -0.05) is 6.42 Å². The number of H-pyrrole nitrogens is 1. The van der Waals surface area contributed by atoms with Crippen molar-refractivity contribution in [2.75, 3.05) is 0 Å². The highest BCUT2D eigenvalue weighted by Gasteiger charge is 2.02. The minimum absolute atomic E-state index is 0.705. The molecule has 1 N–H and O–H groups in total. The van der Waals surface area contributed by atoms with E-state index in [1.54, 1.807) is 0 Å². The van der Waals surface area contributed by atoms with Gasteiger partial charge < -0.3 is 0 Å². The highest BCUT2D eigenvalue weighted by Crippen LogP contribution is 2.02. The predicted molar refractivity (Wildman–Crippen MR) is 54.4 cm³/mol. The lowest BCUT2D eigenvalue weighted by Crippen LogP contribution is -2.34. The molecule has 0 aliphatic heterocycles. The predicted octanol–water partition coefficient (Wildman–Crippen LogP) is 2.08. The summed E-state index contributed by atoms with van der Waals surface area (Å²) < 4.78 is 2.23. The fourth-order valence-electron chi connectivity index (χ4n) is 1.52. The van der Waals surface area contributed by atoms with Gasteiger partial charge in [-0.2, -0.15) is 5.26 Å². The minimum Gasteiger partial charge on any atom is -0.248 e. The molecule has 1 aromatic rings. The van der Waals surface area contributed by atoms with E-state index in [0.717, 1.165) is 13.0 Å². The van der Waals surface area contributed by atoms with Gasteiger partial charge in [0, 0.05) is 13.3 Å². The van der Waals surface area contributed by atoms with Crippen molar-refractivity contribution in [3.8, 4) is 6.07 Å². The van der Waals surface area contributed by atoms with E-state index in [9.17, 15) is 0 Å². The van der Waals surface area contributed by atoms with Crippen molar-refractivity contribution >= 4 is 0 Å². The van der Waals surface area contributed by atoms with Crippen molar-refractivity contribution in [1.29, 1.82) is 5.26 Å². The van der Waals surface area contributed by atoms with Crippen LogP contribution in [0.2, 0.25) is 0 Å². The molecule has 0 bridgehead atoms. The zero-order valence-electron chi connectivity index (χ0n) is 8.79. The van der Waals surface area contributed by atoms with E-state index in [1.807, 2.05) is 6.20 Å².